The van der Waals surface area contributed by atoms with Crippen molar-refractivity contribution in [2.24, 2.45) is 0 Å². The maximum atomic E-state index is 12.3. The van der Waals surface area contributed by atoms with Gasteiger partial charge < -0.3 is 35.8 Å². The molecule has 0 radical (unpaired) electrons. The molecule has 1 fully saturated rings. The fourth-order valence-electron chi connectivity index (χ4n) is 3.10. The van der Waals surface area contributed by atoms with Crippen molar-refractivity contribution in [3.8, 4) is 0 Å². The smallest absolute Gasteiger partial charge is 0.237 e. The molecule has 14 nitrogen and oxygen atoms in total. The average Bonchev–Trinajstić information content (AvgIpc) is 3.33. The van der Waals surface area contributed by atoms with E-state index >= 15 is 0 Å². The number of anilines is 2. The number of aliphatic hydroxyl groups excluding tert-OH is 2. The minimum Gasteiger partial charge on any atom is -0.761 e. The molecule has 1 saturated heterocycles. The Morgan fingerprint density at radius 2 is 2.07 bits per heavy atom. The van der Waals surface area contributed by atoms with Crippen LogP contribution in [0.15, 0.2) is 18.7 Å². The molecule has 0 spiro atoms. The monoisotopic (exact) mass is 425 g/mol. The van der Waals surface area contributed by atoms with Gasteiger partial charge in [-0.2, -0.15) is 9.97 Å². The highest BCUT2D eigenvalue weighted by atomic mass is 31.2. The summed E-state index contributed by atoms with van der Waals surface area (Å²) < 4.78 is 25.1. The van der Waals surface area contributed by atoms with E-state index in [1.165, 1.54) is 30.2 Å². The van der Waals surface area contributed by atoms with Gasteiger partial charge in [0.05, 0.1) is 12.9 Å². The third kappa shape index (κ3) is 3.35. The Morgan fingerprint density at radius 3 is 2.76 bits per heavy atom. The van der Waals surface area contributed by atoms with E-state index in [0.717, 1.165) is 4.34 Å². The zero-order valence-electron chi connectivity index (χ0n) is 15.1. The first kappa shape index (κ1) is 19.7. The maximum Gasteiger partial charge on any atom is 0.237 e. The number of rotatable bonds is 5. The summed E-state index contributed by atoms with van der Waals surface area (Å²) in [5.41, 5.74) is 11.8. The van der Waals surface area contributed by atoms with E-state index in [0.29, 0.717) is 0 Å². The van der Waals surface area contributed by atoms with E-state index in [1.807, 2.05) is 0 Å². The van der Waals surface area contributed by atoms with Crippen LogP contribution in [0.2, 0.25) is 0 Å². The molecular weight excluding hydrogens is 407 g/mol. The van der Waals surface area contributed by atoms with Crippen LogP contribution in [0.4, 0.5) is 11.8 Å². The van der Waals surface area contributed by atoms with E-state index in [-0.39, 0.29) is 28.8 Å². The van der Waals surface area contributed by atoms with Crippen LogP contribution in [0.25, 0.3) is 11.2 Å². The van der Waals surface area contributed by atoms with Gasteiger partial charge in [-0.25, -0.2) is 9.97 Å². The molecule has 0 aromatic carbocycles. The van der Waals surface area contributed by atoms with Crippen LogP contribution in [-0.2, 0) is 13.8 Å². The Bertz CT molecular complexity index is 1100. The fourth-order valence-corrected chi connectivity index (χ4v) is 4.19. The molecule has 5 atom stereocenters. The van der Waals surface area contributed by atoms with Crippen LogP contribution in [0, 0.1) is 6.92 Å². The Balaban J connectivity index is 1.55. The van der Waals surface area contributed by atoms with E-state index < -0.39 is 38.9 Å². The van der Waals surface area contributed by atoms with Crippen LogP contribution in [-0.4, -0.2) is 64.0 Å². The first-order valence-electron chi connectivity index (χ1n) is 8.42. The second kappa shape index (κ2) is 7.02. The molecule has 1 aliphatic heterocycles. The lowest BCUT2D eigenvalue weighted by molar-refractivity contribution is -0.205. The van der Waals surface area contributed by atoms with Gasteiger partial charge in [0.1, 0.15) is 29.7 Å². The molecule has 0 bridgehead atoms. The molecule has 0 aliphatic carbocycles. The number of hydrogen-bond donors (Lipinski definition) is 4. The van der Waals surface area contributed by atoms with Crippen molar-refractivity contribution in [1.29, 1.82) is 0 Å². The fraction of sp³-hybridized carbons (Fsp3) is 0.429. The summed E-state index contributed by atoms with van der Waals surface area (Å²) in [7, 11) is -4.51. The number of nitrogen functional groups attached to an aromatic ring is 2. The number of fused-ring (bicyclic) bond motifs is 1. The lowest BCUT2D eigenvalue weighted by Crippen LogP contribution is -2.34. The molecule has 6 N–H and O–H groups in total. The molecule has 156 valence electrons. The minimum atomic E-state index is -4.51. The molecule has 4 heterocycles. The first-order valence-corrected chi connectivity index (χ1v) is 9.92. The third-order valence-corrected chi connectivity index (χ3v) is 5.97. The van der Waals surface area contributed by atoms with Crippen LogP contribution < -0.4 is 16.4 Å². The largest absolute Gasteiger partial charge is 0.761 e. The standard InChI is InChI=1S/C14H19N8O6P/c1-6-17-2-3-22(6)29(25,26)27-4-7-9(23)10(24)13(28-7)21-5-18-8-11(15)19-14(16)20-12(8)21/h2-3,5,7,9-10,13,23-24H,4H2,1H3,(H,25,26)(H4,15,16,19,20)/p-1/t7-,9-,10-,13-/m1/s1. The van der Waals surface area contributed by atoms with Crippen molar-refractivity contribution >= 4 is 30.7 Å². The lowest BCUT2D eigenvalue weighted by Gasteiger charge is -2.27. The van der Waals surface area contributed by atoms with E-state index in [2.05, 4.69) is 19.9 Å². The van der Waals surface area contributed by atoms with Gasteiger partial charge in [-0.1, -0.05) is 0 Å². The second-order valence-corrected chi connectivity index (χ2v) is 8.05. The highest BCUT2D eigenvalue weighted by molar-refractivity contribution is 7.49. The molecule has 3 aromatic heterocycles. The summed E-state index contributed by atoms with van der Waals surface area (Å²) in [5, 5.41) is 20.7. The van der Waals surface area contributed by atoms with E-state index in [9.17, 15) is 19.7 Å². The zero-order valence-corrected chi connectivity index (χ0v) is 16.0. The topological polar surface area (TPSA) is 213 Å². The maximum absolute atomic E-state index is 12.3. The average molecular weight is 425 g/mol. The van der Waals surface area contributed by atoms with Crippen molar-refractivity contribution in [3.05, 3.63) is 24.5 Å². The van der Waals surface area contributed by atoms with E-state index in [4.69, 9.17) is 20.7 Å². The van der Waals surface area contributed by atoms with Crippen LogP contribution in [0.3, 0.4) is 0 Å². The zero-order chi connectivity index (χ0) is 20.9. The van der Waals surface area contributed by atoms with Crippen LogP contribution >= 0.6 is 7.75 Å². The van der Waals surface area contributed by atoms with Gasteiger partial charge in [0.25, 0.3) is 0 Å². The summed E-state index contributed by atoms with van der Waals surface area (Å²) in [4.78, 5) is 28.0. The summed E-state index contributed by atoms with van der Waals surface area (Å²) in [6.45, 7) is 0.969. The number of nitrogens with two attached hydrogens (primary N) is 2. The second-order valence-electron chi connectivity index (χ2n) is 6.42. The van der Waals surface area contributed by atoms with Crippen LogP contribution in [0.5, 0.6) is 0 Å². The number of ether oxygens (including phenoxy) is 1. The molecular formula is C14H18N8O6P-. The number of hydrogen-bond acceptors (Lipinski definition) is 12. The van der Waals surface area contributed by atoms with Gasteiger partial charge in [-0.3, -0.25) is 13.5 Å². The predicted octanol–water partition coefficient (Wildman–Crippen LogP) is -1.85. The molecule has 15 heteroatoms. The van der Waals surface area contributed by atoms with Crippen molar-refractivity contribution in [2.75, 3.05) is 18.1 Å². The Kier molecular flexibility index (Phi) is 4.77. The summed E-state index contributed by atoms with van der Waals surface area (Å²) in [5.74, 6) is 0.156. The quantitative estimate of drug-likeness (QED) is 0.332. The van der Waals surface area contributed by atoms with Gasteiger partial charge in [0, 0.05) is 12.4 Å². The molecule has 3 aromatic rings. The molecule has 4 rings (SSSR count). The number of aliphatic hydroxyl groups is 2. The molecule has 1 aliphatic rings. The lowest BCUT2D eigenvalue weighted by atomic mass is 10.1. The molecule has 0 amide bonds. The highest BCUT2D eigenvalue weighted by Gasteiger charge is 2.45. The van der Waals surface area contributed by atoms with Gasteiger partial charge >= 0.3 is 0 Å². The molecule has 1 unspecified atom stereocenters. The number of aryl methyl sites for hydroxylation is 1. The molecule has 0 saturated carbocycles. The normalized spacial score (nSPS) is 26.8. The minimum absolute atomic E-state index is 0.0437. The first-order chi connectivity index (χ1) is 13.7. The van der Waals surface area contributed by atoms with Gasteiger partial charge in [0.2, 0.25) is 13.7 Å². The van der Waals surface area contributed by atoms with Crippen molar-refractivity contribution in [3.63, 3.8) is 0 Å². The van der Waals surface area contributed by atoms with Gasteiger partial charge in [-0.05, 0) is 6.92 Å². The predicted molar refractivity (Wildman–Crippen MR) is 96.0 cm³/mol. The number of aromatic nitrogens is 6. The third-order valence-electron chi connectivity index (χ3n) is 4.54. The van der Waals surface area contributed by atoms with Crippen molar-refractivity contribution in [2.45, 2.75) is 31.5 Å². The molecule has 29 heavy (non-hydrogen) atoms. The highest BCUT2D eigenvalue weighted by Crippen LogP contribution is 2.41. The van der Waals surface area contributed by atoms with Gasteiger partial charge in [-0.15, -0.1) is 0 Å². The number of imidazole rings is 2. The Labute approximate surface area is 163 Å². The summed E-state index contributed by atoms with van der Waals surface area (Å²) in [6, 6.07) is 0. The number of nitrogens with zero attached hydrogens (tertiary/aromatic N) is 6. The summed E-state index contributed by atoms with van der Waals surface area (Å²) >= 11 is 0. The van der Waals surface area contributed by atoms with Gasteiger partial charge in [0.15, 0.2) is 17.7 Å². The Morgan fingerprint density at radius 1 is 1.31 bits per heavy atom. The van der Waals surface area contributed by atoms with Crippen LogP contribution in [0.1, 0.15) is 12.1 Å². The summed E-state index contributed by atoms with van der Waals surface area (Å²) in [6.07, 6.45) is -1.27. The van der Waals surface area contributed by atoms with E-state index in [1.54, 1.807) is 0 Å². The SMILES string of the molecule is Cc1nccn1P(=O)([O-])OC[C@H]1O[C@@H](n2cnc3c(N)nc(N)nc32)[C@H](O)[C@@H]1O. The Hall–Kier alpha value is -2.61. The van der Waals surface area contributed by atoms with Crippen molar-refractivity contribution < 1.29 is 28.9 Å². The van der Waals surface area contributed by atoms with Crippen molar-refractivity contribution in [1.82, 2.24) is 28.8 Å².